The molecule has 0 aromatic rings. The molecule has 0 heterocycles. The van der Waals surface area contributed by atoms with Gasteiger partial charge in [0.25, 0.3) is 0 Å². The molecule has 0 atom stereocenters. The first kappa shape index (κ1) is 7.29. The SMILES string of the molecule is [F][Ti-2]([F])([F])([F])([F])[F].[H+].[H+]. The molecule has 48 valence electrons. The minimum Gasteiger partial charge on any atom is 1.00 e. The molecule has 0 amide bonds. The maximum Gasteiger partial charge on any atom is 1.00 e. The molecule has 0 unspecified atom stereocenters. The zero-order chi connectivity index (χ0) is 6.41. The first-order valence-corrected chi connectivity index (χ1v) is 4.68. The maximum atomic E-state index is 9.92. The van der Waals surface area contributed by atoms with E-state index < -0.39 is 17.2 Å². The fourth-order valence-electron chi connectivity index (χ4n) is 0. The van der Waals surface area contributed by atoms with E-state index in [1.165, 1.54) is 0 Å². The number of hydrogen-bond acceptors (Lipinski definition) is 0. The third-order valence-electron chi connectivity index (χ3n) is 0. The van der Waals surface area contributed by atoms with Crippen LogP contribution in [0, 0.1) is 0 Å². The summed E-state index contributed by atoms with van der Waals surface area (Å²) in [7, 11) is 0. The molecule has 0 nitrogen and oxygen atoms in total. The normalized spacial score (nSPS) is 23.1. The fourth-order valence-corrected chi connectivity index (χ4v) is 0. The Morgan fingerprint density at radius 1 is 0.714 bits per heavy atom. The van der Waals surface area contributed by atoms with E-state index in [1.54, 1.807) is 0 Å². The van der Waals surface area contributed by atoms with Gasteiger partial charge in [-0.05, 0) is 0 Å². The van der Waals surface area contributed by atoms with E-state index in [-0.39, 0.29) is 2.85 Å². The van der Waals surface area contributed by atoms with Crippen molar-refractivity contribution in [3.05, 3.63) is 0 Å². The molecule has 7 heteroatoms. The fraction of sp³-hybridized carbons (Fsp3) is 0. The van der Waals surface area contributed by atoms with E-state index in [0.29, 0.717) is 0 Å². The van der Waals surface area contributed by atoms with Crippen molar-refractivity contribution in [2.24, 2.45) is 0 Å². The van der Waals surface area contributed by atoms with Crippen LogP contribution in [0.1, 0.15) is 2.85 Å². The minimum atomic E-state index is -11.2. The van der Waals surface area contributed by atoms with Crippen molar-refractivity contribution < 1.29 is 38.6 Å². The van der Waals surface area contributed by atoms with Crippen molar-refractivity contribution >= 4 is 0 Å². The van der Waals surface area contributed by atoms with Gasteiger partial charge in [0.15, 0.2) is 0 Å². The van der Waals surface area contributed by atoms with Crippen molar-refractivity contribution in [3.63, 3.8) is 0 Å². The third kappa shape index (κ3) is 1340. The van der Waals surface area contributed by atoms with Crippen molar-refractivity contribution in [3.8, 4) is 0 Å². The van der Waals surface area contributed by atoms with Crippen LogP contribution in [0.5, 0.6) is 0 Å². The Hall–Kier alpha value is 0.294. The molecule has 0 fully saturated rings. The molecule has 0 saturated heterocycles. The second-order valence-corrected chi connectivity index (χ2v) is 4.42. The van der Waals surface area contributed by atoms with Crippen LogP contribution in [0.25, 0.3) is 0 Å². The Labute approximate surface area is 39.6 Å². The Kier molecular flexibility index (Phi) is 0.786. The van der Waals surface area contributed by atoms with Gasteiger partial charge in [-0.3, -0.25) is 0 Å². The van der Waals surface area contributed by atoms with Crippen LogP contribution in [0.15, 0.2) is 0 Å². The summed E-state index contributed by atoms with van der Waals surface area (Å²) in [5.74, 6) is 0. The van der Waals surface area contributed by atoms with Crippen LogP contribution in [-0.4, -0.2) is 0 Å². The van der Waals surface area contributed by atoms with Crippen molar-refractivity contribution in [2.45, 2.75) is 0 Å². The summed E-state index contributed by atoms with van der Waals surface area (Å²) in [6, 6.07) is 0. The quantitative estimate of drug-likeness (QED) is 0.381. The summed E-state index contributed by atoms with van der Waals surface area (Å²) < 4.78 is 59.5. The molecule has 0 aliphatic carbocycles. The van der Waals surface area contributed by atoms with E-state index in [9.17, 15) is 18.6 Å². The average molecular weight is 164 g/mol. The van der Waals surface area contributed by atoms with Crippen LogP contribution < -0.4 is 0 Å². The van der Waals surface area contributed by atoms with Gasteiger partial charge < -0.3 is 0 Å². The standard InChI is InChI=1S/6FH.Ti/h6*1H;/q;;;;;;+4/p-4. The van der Waals surface area contributed by atoms with Crippen LogP contribution in [0.3, 0.4) is 0 Å². The van der Waals surface area contributed by atoms with Gasteiger partial charge in [-0.2, -0.15) is 0 Å². The van der Waals surface area contributed by atoms with Gasteiger partial charge in [-0.1, -0.05) is 0 Å². The third-order valence-corrected chi connectivity index (χ3v) is 0. The number of rotatable bonds is 0. The second kappa shape index (κ2) is 0.754. The van der Waals surface area contributed by atoms with E-state index in [4.69, 9.17) is 0 Å². The Morgan fingerprint density at radius 3 is 0.714 bits per heavy atom. The molecule has 7 heavy (non-hydrogen) atoms. The number of hydrogen-bond donors (Lipinski definition) is 0. The average Bonchev–Trinajstić information content (AvgIpc) is 0.592. The van der Waals surface area contributed by atoms with Crippen LogP contribution in [-0.2, 0) is 17.2 Å². The zero-order valence-electron chi connectivity index (χ0n) is 4.77. The molecule has 0 saturated carbocycles. The summed E-state index contributed by atoms with van der Waals surface area (Å²) in [6.07, 6.45) is 0. The van der Waals surface area contributed by atoms with Crippen LogP contribution in [0.4, 0.5) is 18.6 Å². The molecular formula is H2F6Ti. The first-order valence-electron chi connectivity index (χ1n) is 1.13. The van der Waals surface area contributed by atoms with Gasteiger partial charge in [0.2, 0.25) is 0 Å². The monoisotopic (exact) mass is 164 g/mol. The van der Waals surface area contributed by atoms with E-state index in [2.05, 4.69) is 0 Å². The molecule has 0 bridgehead atoms. The van der Waals surface area contributed by atoms with Gasteiger partial charge in [0, 0.05) is 0 Å². The Balaban J connectivity index is -0.000000180. The topological polar surface area (TPSA) is 0 Å². The molecule has 0 aromatic carbocycles. The van der Waals surface area contributed by atoms with Crippen molar-refractivity contribution in [1.29, 1.82) is 0 Å². The summed E-state index contributed by atoms with van der Waals surface area (Å²) in [6.45, 7) is 0. The molecule has 0 rings (SSSR count). The molecule has 0 aliphatic heterocycles. The summed E-state index contributed by atoms with van der Waals surface area (Å²) in [5.41, 5.74) is 0. The Bertz CT molecular complexity index is 69.6. The van der Waals surface area contributed by atoms with E-state index in [0.717, 1.165) is 0 Å². The summed E-state index contributed by atoms with van der Waals surface area (Å²) >= 11 is -11.2. The van der Waals surface area contributed by atoms with Gasteiger partial charge in [-0.25, -0.2) is 0 Å². The van der Waals surface area contributed by atoms with Crippen molar-refractivity contribution in [1.82, 2.24) is 0 Å². The van der Waals surface area contributed by atoms with Crippen LogP contribution in [0.2, 0.25) is 0 Å². The molecule has 0 radical (unpaired) electrons. The Morgan fingerprint density at radius 2 is 0.714 bits per heavy atom. The van der Waals surface area contributed by atoms with Gasteiger partial charge >= 0.3 is 38.6 Å². The summed E-state index contributed by atoms with van der Waals surface area (Å²) in [4.78, 5) is 0. The number of halogens is 6. The maximum absolute atomic E-state index is 11.2. The first-order chi connectivity index (χ1) is 2.45. The summed E-state index contributed by atoms with van der Waals surface area (Å²) in [5, 5.41) is 0. The smallest absolute Gasteiger partial charge is 1.00 e. The molecular weight excluding hydrogens is 162 g/mol. The molecule has 0 aromatic heterocycles. The predicted octanol–water partition coefficient (Wildman–Crippen LogP) is 2.74. The second-order valence-electron chi connectivity index (χ2n) is 1.07. The minimum absolute atomic E-state index is 0. The van der Waals surface area contributed by atoms with Crippen LogP contribution >= 0.6 is 0 Å². The molecule has 0 aliphatic rings. The largest absolute Gasteiger partial charge is 1.00 e. The van der Waals surface area contributed by atoms with Gasteiger partial charge in [0.05, 0.1) is 0 Å². The molecule has 0 N–H and O–H groups in total. The van der Waals surface area contributed by atoms with E-state index in [1.807, 2.05) is 0 Å². The predicted molar refractivity (Wildman–Crippen MR) is 8.87 cm³/mol. The zero-order valence-corrected chi connectivity index (χ0v) is 4.33. The van der Waals surface area contributed by atoms with Gasteiger partial charge in [-0.15, -0.1) is 0 Å². The molecule has 0 spiro atoms. The van der Waals surface area contributed by atoms with Crippen molar-refractivity contribution in [2.75, 3.05) is 0 Å². The van der Waals surface area contributed by atoms with E-state index >= 15 is 0 Å². The van der Waals surface area contributed by atoms with Gasteiger partial charge in [0.1, 0.15) is 0 Å².